The molecule has 0 fully saturated rings. The van der Waals surface area contributed by atoms with Crippen molar-refractivity contribution in [3.63, 3.8) is 0 Å². The topological polar surface area (TPSA) is 12.9 Å². The summed E-state index contributed by atoms with van der Waals surface area (Å²) in [6, 6.07) is 22.2. The van der Waals surface area contributed by atoms with E-state index in [0.29, 0.717) is 5.92 Å². The maximum atomic E-state index is 4.90. The van der Waals surface area contributed by atoms with Gasteiger partial charge in [0.2, 0.25) is 0 Å². The first-order valence-electron chi connectivity index (χ1n) is 10.2. The molecule has 0 saturated carbocycles. The molecule has 0 amide bonds. The molecule has 4 rings (SSSR count). The molecule has 3 aromatic carbocycles. The van der Waals surface area contributed by atoms with Crippen molar-refractivity contribution in [2.45, 2.75) is 37.5 Å². The molecule has 28 heavy (non-hydrogen) atoms. The van der Waals surface area contributed by atoms with Gasteiger partial charge in [0.1, 0.15) is 0 Å². The summed E-state index contributed by atoms with van der Waals surface area (Å²) in [7, 11) is 0. The molecule has 0 aliphatic heterocycles. The minimum absolute atomic E-state index is 0.654. The van der Waals surface area contributed by atoms with E-state index in [1.165, 1.54) is 32.7 Å². The molecule has 0 bridgehead atoms. The normalized spacial score (nSPS) is 12.2. The average Bonchev–Trinajstić information content (AvgIpc) is 2.66. The molecule has 4 aromatic rings. The third-order valence-corrected chi connectivity index (χ3v) is 9.80. The van der Waals surface area contributed by atoms with Gasteiger partial charge in [-0.15, -0.1) is 0 Å². The molecule has 0 saturated heterocycles. The Bertz CT molecular complexity index is 1150. The van der Waals surface area contributed by atoms with E-state index < -0.39 is 13.3 Å². The molecule has 142 valence electrons. The van der Waals surface area contributed by atoms with Crippen LogP contribution in [0.25, 0.3) is 32.8 Å². The van der Waals surface area contributed by atoms with Gasteiger partial charge in [-0.2, -0.15) is 0 Å². The third kappa shape index (κ3) is 3.73. The first kappa shape index (κ1) is 19.2. The van der Waals surface area contributed by atoms with E-state index in [9.17, 15) is 0 Å². The number of aromatic nitrogens is 1. The minimum atomic E-state index is -1.94. The van der Waals surface area contributed by atoms with E-state index in [4.69, 9.17) is 4.98 Å². The van der Waals surface area contributed by atoms with Crippen LogP contribution in [0, 0.1) is 5.92 Å². The van der Waals surface area contributed by atoms with E-state index in [0.717, 1.165) is 12.1 Å². The number of nitrogens with zero attached hydrogens (tertiary/aromatic N) is 1. The molecule has 1 heterocycles. The summed E-state index contributed by atoms with van der Waals surface area (Å²) in [4.78, 5) is 4.90. The Balaban J connectivity index is 1.84. The summed E-state index contributed by atoms with van der Waals surface area (Å²) in [6.45, 7) is 4.61. The Morgan fingerprint density at radius 1 is 0.821 bits per heavy atom. The standard InChI is InChI=1S/C26H29GeN/c1-18(2)14-22-16-26(28-17-25(22)27(3,4)5)21-12-13-24-20(15-21)11-10-19-8-6-7-9-23(19)24/h6-13,15-18H,14H2,1-5H3. The zero-order chi connectivity index (χ0) is 19.9. The second-order valence-corrected chi connectivity index (χ2v) is 19.9. The number of rotatable bonds is 4. The van der Waals surface area contributed by atoms with Crippen LogP contribution in [0.2, 0.25) is 17.3 Å². The Morgan fingerprint density at radius 3 is 2.29 bits per heavy atom. The number of benzene rings is 3. The van der Waals surface area contributed by atoms with Gasteiger partial charge in [0.25, 0.3) is 0 Å². The number of hydrogen-bond donors (Lipinski definition) is 0. The van der Waals surface area contributed by atoms with Gasteiger partial charge in [-0.25, -0.2) is 0 Å². The van der Waals surface area contributed by atoms with Crippen molar-refractivity contribution in [3.05, 3.63) is 72.4 Å². The Hall–Kier alpha value is -2.13. The predicted octanol–water partition coefficient (Wildman–Crippen LogP) is 6.80. The SMILES string of the molecule is CC(C)Cc1cc(-c2ccc3c(ccc4ccccc43)c2)nc[c]1[Ge]([CH3])([CH3])[CH3]. The van der Waals surface area contributed by atoms with Crippen LogP contribution < -0.4 is 4.40 Å². The van der Waals surface area contributed by atoms with Gasteiger partial charge >= 0.3 is 171 Å². The summed E-state index contributed by atoms with van der Waals surface area (Å²) in [5.74, 6) is 8.03. The van der Waals surface area contributed by atoms with Crippen LogP contribution >= 0.6 is 0 Å². The maximum absolute atomic E-state index is 4.90. The first-order valence-corrected chi connectivity index (χ1v) is 17.6. The second-order valence-electron chi connectivity index (χ2n) is 9.30. The Morgan fingerprint density at radius 2 is 1.54 bits per heavy atom. The molecule has 0 aliphatic rings. The number of fused-ring (bicyclic) bond motifs is 3. The van der Waals surface area contributed by atoms with Gasteiger partial charge in [-0.05, 0) is 0 Å². The van der Waals surface area contributed by atoms with Gasteiger partial charge < -0.3 is 0 Å². The molecule has 0 aliphatic carbocycles. The monoisotopic (exact) mass is 429 g/mol. The molecule has 0 atom stereocenters. The predicted molar refractivity (Wildman–Crippen MR) is 126 cm³/mol. The van der Waals surface area contributed by atoms with Crippen molar-refractivity contribution in [3.8, 4) is 11.3 Å². The summed E-state index contributed by atoms with van der Waals surface area (Å²) in [6.07, 6.45) is 3.31. The fraction of sp³-hybridized carbons (Fsp3) is 0.269. The van der Waals surface area contributed by atoms with Gasteiger partial charge in [-0.3, -0.25) is 0 Å². The Kier molecular flexibility index (Phi) is 5.05. The third-order valence-electron chi connectivity index (χ3n) is 5.47. The van der Waals surface area contributed by atoms with Crippen molar-refractivity contribution in [2.75, 3.05) is 0 Å². The van der Waals surface area contributed by atoms with Crippen molar-refractivity contribution in [1.82, 2.24) is 4.98 Å². The molecular formula is C26H29GeN. The summed E-state index contributed by atoms with van der Waals surface area (Å²) < 4.78 is 1.55. The van der Waals surface area contributed by atoms with Gasteiger partial charge in [-0.1, -0.05) is 0 Å². The van der Waals surface area contributed by atoms with E-state index in [1.54, 1.807) is 4.40 Å². The molecule has 0 unspecified atom stereocenters. The van der Waals surface area contributed by atoms with Crippen molar-refractivity contribution < 1.29 is 0 Å². The summed E-state index contributed by atoms with van der Waals surface area (Å²) in [5.41, 5.74) is 3.81. The van der Waals surface area contributed by atoms with Gasteiger partial charge in [0.05, 0.1) is 0 Å². The van der Waals surface area contributed by atoms with E-state index in [-0.39, 0.29) is 0 Å². The van der Waals surface area contributed by atoms with Gasteiger partial charge in [0.15, 0.2) is 0 Å². The fourth-order valence-electron chi connectivity index (χ4n) is 4.11. The second kappa shape index (κ2) is 7.36. The number of hydrogen-bond acceptors (Lipinski definition) is 1. The molecule has 1 nitrogen and oxygen atoms in total. The van der Waals surface area contributed by atoms with Crippen LogP contribution in [-0.4, -0.2) is 18.3 Å². The zero-order valence-corrected chi connectivity index (χ0v) is 19.7. The molecule has 0 spiro atoms. The van der Waals surface area contributed by atoms with Crippen LogP contribution in [0.1, 0.15) is 19.4 Å². The molecule has 0 N–H and O–H groups in total. The van der Waals surface area contributed by atoms with Crippen molar-refractivity contribution in [2.24, 2.45) is 5.92 Å². The number of pyridine rings is 1. The van der Waals surface area contributed by atoms with E-state index in [2.05, 4.69) is 98.0 Å². The zero-order valence-electron chi connectivity index (χ0n) is 17.6. The average molecular weight is 428 g/mol. The molecule has 1 aromatic heterocycles. The van der Waals surface area contributed by atoms with E-state index >= 15 is 0 Å². The molecular weight excluding hydrogens is 399 g/mol. The van der Waals surface area contributed by atoms with Crippen LogP contribution in [0.15, 0.2) is 66.9 Å². The van der Waals surface area contributed by atoms with Gasteiger partial charge in [0, 0.05) is 0 Å². The molecule has 2 heteroatoms. The van der Waals surface area contributed by atoms with Crippen LogP contribution in [0.3, 0.4) is 0 Å². The fourth-order valence-corrected chi connectivity index (χ4v) is 7.45. The van der Waals surface area contributed by atoms with Crippen molar-refractivity contribution in [1.29, 1.82) is 0 Å². The van der Waals surface area contributed by atoms with Crippen LogP contribution in [0.5, 0.6) is 0 Å². The Labute approximate surface area is 171 Å². The van der Waals surface area contributed by atoms with Crippen molar-refractivity contribution >= 4 is 39.2 Å². The summed E-state index contributed by atoms with van der Waals surface area (Å²) >= 11 is -1.94. The van der Waals surface area contributed by atoms with E-state index in [1.807, 2.05) is 0 Å². The molecule has 0 radical (unpaired) electrons. The first-order chi connectivity index (χ1) is 13.3. The van der Waals surface area contributed by atoms with Crippen LogP contribution in [0.4, 0.5) is 0 Å². The van der Waals surface area contributed by atoms with Crippen LogP contribution in [-0.2, 0) is 6.42 Å². The quantitative estimate of drug-likeness (QED) is 0.258. The summed E-state index contributed by atoms with van der Waals surface area (Å²) in [5, 5.41) is 5.20.